The van der Waals surface area contributed by atoms with Gasteiger partial charge in [-0.3, -0.25) is 4.40 Å². The number of hydrogen-bond donors (Lipinski definition) is 1. The Balaban J connectivity index is 2.09. The maximum absolute atomic E-state index is 9.27. The second-order valence-corrected chi connectivity index (χ2v) is 4.27. The predicted molar refractivity (Wildman–Crippen MR) is 56.0 cm³/mol. The predicted octanol–water partition coefficient (Wildman–Crippen LogP) is 1.62. The monoisotopic (exact) mass is 223 g/mol. The Kier molecular flexibility index (Phi) is 1.94. The Labute approximate surface area is 91.5 Å². The van der Waals surface area contributed by atoms with Gasteiger partial charge in [0.05, 0.1) is 12.3 Å². The molecule has 0 aromatic carbocycles. The molecule has 1 aliphatic rings. The molecule has 0 saturated heterocycles. The van der Waals surface area contributed by atoms with Crippen LogP contribution < -0.4 is 0 Å². The van der Waals surface area contributed by atoms with E-state index in [0.717, 1.165) is 24.2 Å². The Morgan fingerprint density at radius 3 is 2.93 bits per heavy atom. The first kappa shape index (κ1) is 9.12. The Bertz CT molecular complexity index is 504. The fraction of sp³-hybridized carbons (Fsp3) is 0.400. The fourth-order valence-corrected chi connectivity index (χ4v) is 2.21. The molecule has 1 aliphatic carbocycles. The lowest BCUT2D eigenvalue weighted by atomic mass is 9.82. The SMILES string of the molecule is OC1CC(c2ncc3c(Cl)nccn23)C1. The number of halogens is 1. The molecule has 1 fully saturated rings. The van der Waals surface area contributed by atoms with E-state index >= 15 is 0 Å². The topological polar surface area (TPSA) is 50.4 Å². The van der Waals surface area contributed by atoms with Crippen molar-refractivity contribution >= 4 is 17.1 Å². The van der Waals surface area contributed by atoms with Crippen LogP contribution in [0.1, 0.15) is 24.6 Å². The van der Waals surface area contributed by atoms with Crippen LogP contribution in [0.2, 0.25) is 5.15 Å². The number of aliphatic hydroxyl groups is 1. The molecule has 0 bridgehead atoms. The highest BCUT2D eigenvalue weighted by molar-refractivity contribution is 6.32. The molecule has 2 heterocycles. The Morgan fingerprint density at radius 1 is 1.40 bits per heavy atom. The van der Waals surface area contributed by atoms with Crippen LogP contribution >= 0.6 is 11.6 Å². The normalized spacial score (nSPS) is 25.5. The zero-order valence-electron chi connectivity index (χ0n) is 7.97. The number of nitrogens with zero attached hydrogens (tertiary/aromatic N) is 3. The van der Waals surface area contributed by atoms with Crippen molar-refractivity contribution < 1.29 is 5.11 Å². The zero-order valence-corrected chi connectivity index (χ0v) is 8.72. The van der Waals surface area contributed by atoms with Crippen LogP contribution in [0.15, 0.2) is 18.6 Å². The van der Waals surface area contributed by atoms with E-state index in [4.69, 9.17) is 11.6 Å². The largest absolute Gasteiger partial charge is 0.393 e. The minimum Gasteiger partial charge on any atom is -0.393 e. The van der Waals surface area contributed by atoms with E-state index in [0.29, 0.717) is 11.1 Å². The summed E-state index contributed by atoms with van der Waals surface area (Å²) in [6.07, 6.45) is 6.66. The molecule has 78 valence electrons. The van der Waals surface area contributed by atoms with Gasteiger partial charge in [0.15, 0.2) is 5.15 Å². The van der Waals surface area contributed by atoms with Gasteiger partial charge in [-0.25, -0.2) is 9.97 Å². The van der Waals surface area contributed by atoms with Gasteiger partial charge in [0.25, 0.3) is 0 Å². The molecule has 15 heavy (non-hydrogen) atoms. The third kappa shape index (κ3) is 1.33. The van der Waals surface area contributed by atoms with Crippen molar-refractivity contribution in [2.45, 2.75) is 24.9 Å². The van der Waals surface area contributed by atoms with Crippen molar-refractivity contribution in [3.05, 3.63) is 29.6 Å². The lowest BCUT2D eigenvalue weighted by molar-refractivity contribution is 0.0715. The molecule has 0 radical (unpaired) electrons. The number of aliphatic hydroxyl groups excluding tert-OH is 1. The maximum atomic E-state index is 9.27. The van der Waals surface area contributed by atoms with Gasteiger partial charge in [-0.15, -0.1) is 0 Å². The molecule has 0 amide bonds. The van der Waals surface area contributed by atoms with Crippen LogP contribution in [-0.2, 0) is 0 Å². The lowest BCUT2D eigenvalue weighted by Crippen LogP contribution is -2.27. The minimum absolute atomic E-state index is 0.167. The molecule has 0 atom stereocenters. The first-order chi connectivity index (χ1) is 7.25. The average molecular weight is 224 g/mol. The molecular weight excluding hydrogens is 214 g/mol. The van der Waals surface area contributed by atoms with E-state index in [1.54, 1.807) is 12.4 Å². The number of rotatable bonds is 1. The molecule has 5 heteroatoms. The van der Waals surface area contributed by atoms with Crippen molar-refractivity contribution in [1.29, 1.82) is 0 Å². The van der Waals surface area contributed by atoms with Crippen molar-refractivity contribution in [2.75, 3.05) is 0 Å². The van der Waals surface area contributed by atoms with Crippen LogP contribution in [0.25, 0.3) is 5.52 Å². The van der Waals surface area contributed by atoms with Gasteiger partial charge < -0.3 is 5.11 Å². The summed E-state index contributed by atoms with van der Waals surface area (Å²) in [6.45, 7) is 0. The summed E-state index contributed by atoms with van der Waals surface area (Å²) in [4.78, 5) is 8.33. The smallest absolute Gasteiger partial charge is 0.154 e. The van der Waals surface area contributed by atoms with Crippen LogP contribution in [0.5, 0.6) is 0 Å². The summed E-state index contributed by atoms with van der Waals surface area (Å²) in [5.41, 5.74) is 0.829. The Hall–Kier alpha value is -1.13. The maximum Gasteiger partial charge on any atom is 0.154 e. The summed E-state index contributed by atoms with van der Waals surface area (Å²) in [5.74, 6) is 1.32. The summed E-state index contributed by atoms with van der Waals surface area (Å²) < 4.78 is 1.95. The van der Waals surface area contributed by atoms with Crippen molar-refractivity contribution in [3.63, 3.8) is 0 Å². The van der Waals surface area contributed by atoms with Crippen LogP contribution in [0, 0.1) is 0 Å². The third-order valence-electron chi connectivity index (χ3n) is 2.92. The van der Waals surface area contributed by atoms with E-state index in [-0.39, 0.29) is 6.10 Å². The highest BCUT2D eigenvalue weighted by Crippen LogP contribution is 2.36. The number of fused-ring (bicyclic) bond motifs is 1. The van der Waals surface area contributed by atoms with Crippen LogP contribution in [0.3, 0.4) is 0 Å². The molecule has 4 nitrogen and oxygen atoms in total. The third-order valence-corrected chi connectivity index (χ3v) is 3.21. The average Bonchev–Trinajstić information content (AvgIpc) is 2.58. The quantitative estimate of drug-likeness (QED) is 0.799. The van der Waals surface area contributed by atoms with Gasteiger partial charge in [0.2, 0.25) is 0 Å². The molecular formula is C10H10ClN3O. The molecule has 2 aromatic heterocycles. The Morgan fingerprint density at radius 2 is 2.20 bits per heavy atom. The second-order valence-electron chi connectivity index (χ2n) is 3.91. The summed E-state index contributed by atoms with van der Waals surface area (Å²) >= 11 is 5.94. The van der Waals surface area contributed by atoms with Crippen molar-refractivity contribution in [3.8, 4) is 0 Å². The van der Waals surface area contributed by atoms with E-state index < -0.39 is 0 Å². The first-order valence-corrected chi connectivity index (χ1v) is 5.29. The molecule has 1 N–H and O–H groups in total. The molecule has 2 aromatic rings. The molecule has 3 rings (SSSR count). The van der Waals surface area contributed by atoms with Gasteiger partial charge in [0, 0.05) is 18.3 Å². The standard InChI is InChI=1S/C10H10ClN3O/c11-9-8-5-13-10(6-3-7(15)4-6)14(8)2-1-12-9/h1-2,5-7,15H,3-4H2. The van der Waals surface area contributed by atoms with Crippen LogP contribution in [-0.4, -0.2) is 25.6 Å². The van der Waals surface area contributed by atoms with E-state index in [1.165, 1.54) is 0 Å². The van der Waals surface area contributed by atoms with Gasteiger partial charge in [-0.1, -0.05) is 11.6 Å². The highest BCUT2D eigenvalue weighted by atomic mass is 35.5. The van der Waals surface area contributed by atoms with E-state index in [1.807, 2.05) is 10.6 Å². The fourth-order valence-electron chi connectivity index (χ4n) is 2.02. The van der Waals surface area contributed by atoms with Gasteiger partial charge in [-0.2, -0.15) is 0 Å². The number of aromatic nitrogens is 3. The highest BCUT2D eigenvalue weighted by Gasteiger charge is 2.31. The minimum atomic E-state index is -0.167. The van der Waals surface area contributed by atoms with Crippen molar-refractivity contribution in [2.24, 2.45) is 0 Å². The molecule has 0 aliphatic heterocycles. The van der Waals surface area contributed by atoms with E-state index in [2.05, 4.69) is 9.97 Å². The summed E-state index contributed by atoms with van der Waals surface area (Å²) in [6, 6.07) is 0. The van der Waals surface area contributed by atoms with Gasteiger partial charge >= 0.3 is 0 Å². The summed E-state index contributed by atoms with van der Waals surface area (Å²) in [5, 5.41) is 9.74. The molecule has 0 spiro atoms. The van der Waals surface area contributed by atoms with Gasteiger partial charge in [0.1, 0.15) is 11.3 Å². The zero-order chi connectivity index (χ0) is 10.4. The van der Waals surface area contributed by atoms with E-state index in [9.17, 15) is 5.11 Å². The molecule has 0 unspecified atom stereocenters. The van der Waals surface area contributed by atoms with Crippen LogP contribution in [0.4, 0.5) is 0 Å². The molecule has 1 saturated carbocycles. The number of hydrogen-bond acceptors (Lipinski definition) is 3. The lowest BCUT2D eigenvalue weighted by Gasteiger charge is -2.30. The number of imidazole rings is 1. The second kappa shape index (κ2) is 3.18. The van der Waals surface area contributed by atoms with Crippen molar-refractivity contribution in [1.82, 2.24) is 14.4 Å². The summed E-state index contributed by atoms with van der Waals surface area (Å²) in [7, 11) is 0. The van der Waals surface area contributed by atoms with Gasteiger partial charge in [-0.05, 0) is 12.8 Å². The first-order valence-electron chi connectivity index (χ1n) is 4.91.